The van der Waals surface area contributed by atoms with Gasteiger partial charge in [0.15, 0.2) is 0 Å². The predicted molar refractivity (Wildman–Crippen MR) is 103 cm³/mol. The van der Waals surface area contributed by atoms with Gasteiger partial charge in [0, 0.05) is 18.3 Å². The van der Waals surface area contributed by atoms with Gasteiger partial charge in [0.1, 0.15) is 0 Å². The van der Waals surface area contributed by atoms with E-state index < -0.39 is 0 Å². The van der Waals surface area contributed by atoms with Crippen LogP contribution in [0, 0.1) is 6.92 Å². The molecule has 6 nitrogen and oxygen atoms in total. The molecule has 1 fully saturated rings. The first kappa shape index (κ1) is 21.3. The van der Waals surface area contributed by atoms with Gasteiger partial charge in [0.25, 0.3) is 0 Å². The Labute approximate surface area is 156 Å². The van der Waals surface area contributed by atoms with Gasteiger partial charge in [-0.2, -0.15) is 0 Å². The summed E-state index contributed by atoms with van der Waals surface area (Å²) >= 11 is 0. The molecule has 0 bridgehead atoms. The lowest BCUT2D eigenvalue weighted by Gasteiger charge is -2.34. The minimum atomic E-state index is -0.351. The third kappa shape index (κ3) is 6.92. The molecule has 1 saturated heterocycles. The van der Waals surface area contributed by atoms with Crippen LogP contribution in [0.4, 0.5) is 10.5 Å². The number of piperidine rings is 1. The number of rotatable bonds is 6. The number of nitrogens with one attached hydrogen (secondary N) is 3. The topological polar surface area (TPSA) is 73.5 Å². The Morgan fingerprint density at radius 1 is 1.28 bits per heavy atom. The Morgan fingerprint density at radius 3 is 2.64 bits per heavy atom. The van der Waals surface area contributed by atoms with E-state index in [0.29, 0.717) is 0 Å². The van der Waals surface area contributed by atoms with Crippen molar-refractivity contribution in [1.29, 1.82) is 0 Å². The second-order valence-electron chi connectivity index (χ2n) is 6.25. The van der Waals surface area contributed by atoms with Gasteiger partial charge in [0.05, 0.1) is 6.54 Å². The van der Waals surface area contributed by atoms with Gasteiger partial charge >= 0.3 is 6.03 Å². The first-order chi connectivity index (χ1) is 11.6. The van der Waals surface area contributed by atoms with E-state index in [0.717, 1.165) is 50.1 Å². The van der Waals surface area contributed by atoms with Crippen molar-refractivity contribution >= 4 is 30.0 Å². The maximum absolute atomic E-state index is 12.5. The summed E-state index contributed by atoms with van der Waals surface area (Å²) in [5.41, 5.74) is 1.80. The normalized spacial score (nSPS) is 14.3. The maximum Gasteiger partial charge on any atom is 0.319 e. The average molecular weight is 369 g/mol. The largest absolute Gasteiger partial charge is 0.338 e. The summed E-state index contributed by atoms with van der Waals surface area (Å²) in [4.78, 5) is 26.4. The fourth-order valence-corrected chi connectivity index (χ4v) is 3.03. The molecule has 0 aliphatic carbocycles. The van der Waals surface area contributed by atoms with Crippen molar-refractivity contribution in [2.45, 2.75) is 39.2 Å². The number of carbonyl (C=O) groups excluding carboxylic acids is 2. The monoisotopic (exact) mass is 368 g/mol. The molecule has 0 radical (unpaired) electrons. The molecule has 1 heterocycles. The summed E-state index contributed by atoms with van der Waals surface area (Å²) in [5.74, 6) is -0.0110. The second kappa shape index (κ2) is 10.9. The molecule has 0 aromatic heterocycles. The fourth-order valence-electron chi connectivity index (χ4n) is 3.03. The minimum absolute atomic E-state index is 0. The molecule has 0 saturated carbocycles. The molecule has 1 aromatic rings. The van der Waals surface area contributed by atoms with Crippen LogP contribution in [0.2, 0.25) is 0 Å². The van der Waals surface area contributed by atoms with E-state index in [2.05, 4.69) is 22.9 Å². The number of hydrogen-bond donors (Lipinski definition) is 3. The molecule has 0 spiro atoms. The van der Waals surface area contributed by atoms with E-state index in [4.69, 9.17) is 0 Å². The van der Waals surface area contributed by atoms with Crippen molar-refractivity contribution in [2.75, 3.05) is 31.5 Å². The van der Waals surface area contributed by atoms with Crippen LogP contribution in [-0.2, 0) is 4.79 Å². The predicted octanol–water partition coefficient (Wildman–Crippen LogP) is 2.53. The van der Waals surface area contributed by atoms with Gasteiger partial charge < -0.3 is 20.9 Å². The van der Waals surface area contributed by atoms with Crippen LogP contribution in [0.1, 0.15) is 31.7 Å². The van der Waals surface area contributed by atoms with Crippen molar-refractivity contribution in [3.63, 3.8) is 0 Å². The molecule has 1 aliphatic heterocycles. The van der Waals surface area contributed by atoms with Gasteiger partial charge in [0.2, 0.25) is 5.91 Å². The Bertz CT molecular complexity index is 562. The number of carbonyl (C=O) groups is 2. The quantitative estimate of drug-likeness (QED) is 0.722. The smallest absolute Gasteiger partial charge is 0.319 e. The molecule has 0 atom stereocenters. The number of amides is 3. The number of urea groups is 1. The molecular weight excluding hydrogens is 340 g/mol. The van der Waals surface area contributed by atoms with Crippen LogP contribution in [-0.4, -0.2) is 49.1 Å². The van der Waals surface area contributed by atoms with E-state index in [9.17, 15) is 9.59 Å². The van der Waals surface area contributed by atoms with Gasteiger partial charge in [-0.1, -0.05) is 19.1 Å². The lowest BCUT2D eigenvalue weighted by Crippen LogP contribution is -2.50. The molecule has 1 aromatic carbocycles. The van der Waals surface area contributed by atoms with Gasteiger partial charge in [-0.05, 0) is 57.0 Å². The summed E-state index contributed by atoms with van der Waals surface area (Å²) in [7, 11) is 0. The number of anilines is 1. The molecule has 0 unspecified atom stereocenters. The zero-order valence-corrected chi connectivity index (χ0v) is 15.8. The zero-order chi connectivity index (χ0) is 17.4. The second-order valence-corrected chi connectivity index (χ2v) is 6.25. The highest BCUT2D eigenvalue weighted by Gasteiger charge is 2.24. The van der Waals surface area contributed by atoms with E-state index in [-0.39, 0.29) is 36.9 Å². The van der Waals surface area contributed by atoms with Crippen molar-refractivity contribution in [3.05, 3.63) is 29.8 Å². The molecule has 140 valence electrons. The van der Waals surface area contributed by atoms with Gasteiger partial charge in [-0.25, -0.2) is 4.79 Å². The first-order valence-corrected chi connectivity index (χ1v) is 8.72. The van der Waals surface area contributed by atoms with E-state index in [1.165, 1.54) is 0 Å². The van der Waals surface area contributed by atoms with Crippen LogP contribution in [0.5, 0.6) is 0 Å². The molecule has 3 amide bonds. The zero-order valence-electron chi connectivity index (χ0n) is 15.0. The Balaban J connectivity index is 0.00000312. The van der Waals surface area contributed by atoms with Crippen LogP contribution >= 0.6 is 12.4 Å². The summed E-state index contributed by atoms with van der Waals surface area (Å²) in [6, 6.07) is 7.49. The van der Waals surface area contributed by atoms with Crippen LogP contribution in [0.15, 0.2) is 24.3 Å². The summed E-state index contributed by atoms with van der Waals surface area (Å²) in [6.45, 7) is 6.69. The Hall–Kier alpha value is -1.79. The highest BCUT2D eigenvalue weighted by atomic mass is 35.5. The molecule has 25 heavy (non-hydrogen) atoms. The van der Waals surface area contributed by atoms with E-state index in [1.807, 2.05) is 36.1 Å². The standard InChI is InChI=1S/C18H28N4O2.ClH/c1-3-11-22(16-7-9-19-10-8-16)17(23)13-20-18(24)21-15-6-4-5-14(2)12-15;/h4-6,12,16,19H,3,7-11,13H2,1-2H3,(H2,20,21,24);1H. The highest BCUT2D eigenvalue weighted by molar-refractivity contribution is 5.92. The highest BCUT2D eigenvalue weighted by Crippen LogP contribution is 2.13. The third-order valence-electron chi connectivity index (χ3n) is 4.21. The lowest BCUT2D eigenvalue weighted by molar-refractivity contribution is -0.132. The molecule has 7 heteroatoms. The van der Waals surface area contributed by atoms with Crippen molar-refractivity contribution < 1.29 is 9.59 Å². The number of nitrogens with zero attached hydrogens (tertiary/aromatic N) is 1. The SMILES string of the molecule is CCCN(C(=O)CNC(=O)Nc1cccc(C)c1)C1CCNCC1.Cl. The molecule has 1 aliphatic rings. The van der Waals surface area contributed by atoms with E-state index >= 15 is 0 Å². The number of halogens is 1. The number of aryl methyl sites for hydroxylation is 1. The van der Waals surface area contributed by atoms with Crippen molar-refractivity contribution in [2.24, 2.45) is 0 Å². The third-order valence-corrected chi connectivity index (χ3v) is 4.21. The Kier molecular flexibility index (Phi) is 9.31. The summed E-state index contributed by atoms with van der Waals surface area (Å²) in [6.07, 6.45) is 2.87. The number of hydrogen-bond acceptors (Lipinski definition) is 3. The minimum Gasteiger partial charge on any atom is -0.338 e. The number of benzene rings is 1. The maximum atomic E-state index is 12.5. The van der Waals surface area contributed by atoms with Crippen LogP contribution in [0.3, 0.4) is 0 Å². The van der Waals surface area contributed by atoms with Crippen molar-refractivity contribution in [3.8, 4) is 0 Å². The average Bonchev–Trinajstić information content (AvgIpc) is 2.58. The molecular formula is C18H29ClN4O2. The van der Waals surface area contributed by atoms with Crippen LogP contribution in [0.25, 0.3) is 0 Å². The van der Waals surface area contributed by atoms with Crippen molar-refractivity contribution in [1.82, 2.24) is 15.5 Å². The van der Waals surface area contributed by atoms with Gasteiger partial charge in [-0.15, -0.1) is 12.4 Å². The first-order valence-electron chi connectivity index (χ1n) is 8.72. The Morgan fingerprint density at radius 2 is 2.00 bits per heavy atom. The lowest BCUT2D eigenvalue weighted by atomic mass is 10.0. The molecule has 3 N–H and O–H groups in total. The van der Waals surface area contributed by atoms with Gasteiger partial charge in [-0.3, -0.25) is 4.79 Å². The van der Waals surface area contributed by atoms with Crippen LogP contribution < -0.4 is 16.0 Å². The van der Waals surface area contributed by atoms with E-state index in [1.54, 1.807) is 0 Å². The summed E-state index contributed by atoms with van der Waals surface area (Å²) in [5, 5.41) is 8.74. The molecule has 2 rings (SSSR count). The summed E-state index contributed by atoms with van der Waals surface area (Å²) < 4.78 is 0. The fraction of sp³-hybridized carbons (Fsp3) is 0.556.